The van der Waals surface area contributed by atoms with E-state index in [1.165, 1.54) is 7.11 Å². The molecule has 18 heavy (non-hydrogen) atoms. The van der Waals surface area contributed by atoms with Crippen LogP contribution in [0, 0.1) is 5.92 Å². The molecule has 4 nitrogen and oxygen atoms in total. The quantitative estimate of drug-likeness (QED) is 0.487. The van der Waals surface area contributed by atoms with E-state index in [1.54, 1.807) is 0 Å². The summed E-state index contributed by atoms with van der Waals surface area (Å²) in [6, 6.07) is 7.42. The number of methoxy groups -OCH3 is 1. The van der Waals surface area contributed by atoms with Gasteiger partial charge in [-0.3, -0.25) is 0 Å². The highest BCUT2D eigenvalue weighted by Gasteiger charge is 2.39. The molecule has 0 aromatic heterocycles. The van der Waals surface area contributed by atoms with Gasteiger partial charge >= 0.3 is 13.1 Å². The Bertz CT molecular complexity index is 486. The standard InChI is InChI=1S/C13H15BO4/c1-8(9(2)13(15)17-3)12-10-6-4-5-7-11(10)14(16)18-12/h4-8,12,16H,2H2,1,3H3/t8-,12+/m1/s1. The van der Waals surface area contributed by atoms with Crippen molar-refractivity contribution in [2.75, 3.05) is 7.11 Å². The molecule has 0 radical (unpaired) electrons. The zero-order valence-corrected chi connectivity index (χ0v) is 10.4. The van der Waals surface area contributed by atoms with Gasteiger partial charge in [0, 0.05) is 11.5 Å². The number of ether oxygens (including phenoxy) is 1. The lowest BCUT2D eigenvalue weighted by Crippen LogP contribution is -2.27. The molecule has 1 aliphatic rings. The topological polar surface area (TPSA) is 55.8 Å². The van der Waals surface area contributed by atoms with Crippen LogP contribution in [0.25, 0.3) is 0 Å². The molecule has 0 saturated heterocycles. The lowest BCUT2D eigenvalue weighted by molar-refractivity contribution is -0.137. The predicted molar refractivity (Wildman–Crippen MR) is 68.2 cm³/mol. The summed E-state index contributed by atoms with van der Waals surface area (Å²) in [6.07, 6.45) is -0.372. The van der Waals surface area contributed by atoms with Gasteiger partial charge in [0.25, 0.3) is 0 Å². The van der Waals surface area contributed by atoms with Gasteiger partial charge in [-0.15, -0.1) is 0 Å². The molecule has 0 amide bonds. The maximum Gasteiger partial charge on any atom is 0.492 e. The number of carbonyl (C=O) groups excluding carboxylic acids is 1. The molecule has 2 atom stereocenters. The molecule has 5 heteroatoms. The Labute approximate surface area is 106 Å². The third-order valence-corrected chi connectivity index (χ3v) is 3.30. The molecule has 1 heterocycles. The van der Waals surface area contributed by atoms with Crippen LogP contribution in [-0.2, 0) is 14.2 Å². The molecule has 0 spiro atoms. The molecule has 2 rings (SSSR count). The number of rotatable bonds is 3. The van der Waals surface area contributed by atoms with Gasteiger partial charge in [-0.05, 0) is 11.0 Å². The molecule has 0 bridgehead atoms. The molecule has 1 N–H and O–H groups in total. The van der Waals surface area contributed by atoms with Gasteiger partial charge in [0.15, 0.2) is 0 Å². The smallest absolute Gasteiger partial charge is 0.466 e. The van der Waals surface area contributed by atoms with Crippen molar-refractivity contribution in [1.29, 1.82) is 0 Å². The largest absolute Gasteiger partial charge is 0.492 e. The second kappa shape index (κ2) is 4.96. The van der Waals surface area contributed by atoms with Gasteiger partial charge in [0.2, 0.25) is 0 Å². The summed E-state index contributed by atoms with van der Waals surface area (Å²) in [5.74, 6) is -0.708. The van der Waals surface area contributed by atoms with Crippen molar-refractivity contribution in [2.45, 2.75) is 13.0 Å². The Hall–Kier alpha value is -1.59. The normalized spacial score (nSPS) is 19.3. The van der Waals surface area contributed by atoms with Crippen molar-refractivity contribution in [3.8, 4) is 0 Å². The van der Waals surface area contributed by atoms with Crippen molar-refractivity contribution in [3.63, 3.8) is 0 Å². The molecule has 0 saturated carbocycles. The highest BCUT2D eigenvalue weighted by Crippen LogP contribution is 2.34. The third kappa shape index (κ3) is 2.07. The molecular formula is C13H15BO4. The molecule has 1 aliphatic heterocycles. The van der Waals surface area contributed by atoms with Crippen LogP contribution in [0.3, 0.4) is 0 Å². The number of carbonyl (C=O) groups is 1. The van der Waals surface area contributed by atoms with Crippen LogP contribution in [0.2, 0.25) is 0 Å². The lowest BCUT2D eigenvalue weighted by Gasteiger charge is -2.21. The zero-order valence-electron chi connectivity index (χ0n) is 10.4. The summed E-state index contributed by atoms with van der Waals surface area (Å²) < 4.78 is 10.1. The number of hydrogen-bond donors (Lipinski definition) is 1. The van der Waals surface area contributed by atoms with E-state index >= 15 is 0 Å². The molecule has 0 fully saturated rings. The van der Waals surface area contributed by atoms with E-state index < -0.39 is 13.1 Å². The monoisotopic (exact) mass is 246 g/mol. The third-order valence-electron chi connectivity index (χ3n) is 3.30. The Morgan fingerprint density at radius 3 is 2.89 bits per heavy atom. The minimum absolute atomic E-state index is 0.254. The summed E-state index contributed by atoms with van der Waals surface area (Å²) in [5, 5.41) is 9.81. The van der Waals surface area contributed by atoms with Crippen molar-refractivity contribution in [1.82, 2.24) is 0 Å². The van der Waals surface area contributed by atoms with E-state index in [0.717, 1.165) is 11.0 Å². The average Bonchev–Trinajstić information content (AvgIpc) is 2.74. The fraction of sp³-hybridized carbons (Fsp3) is 0.308. The van der Waals surface area contributed by atoms with Crippen LogP contribution in [0.1, 0.15) is 18.6 Å². The summed E-state index contributed by atoms with van der Waals surface area (Å²) >= 11 is 0. The SMILES string of the molecule is C=C(C(=O)OC)[C@@H](C)[C@@H]1OB(O)c2ccccc21. The number of fused-ring (bicyclic) bond motifs is 1. The predicted octanol–water partition coefficient (Wildman–Crippen LogP) is 0.811. The Balaban J connectivity index is 2.26. The fourth-order valence-corrected chi connectivity index (χ4v) is 2.17. The van der Waals surface area contributed by atoms with Crippen molar-refractivity contribution < 1.29 is 19.2 Å². The van der Waals surface area contributed by atoms with Gasteiger partial charge in [0.05, 0.1) is 13.2 Å². The Morgan fingerprint density at radius 1 is 1.56 bits per heavy atom. The molecule has 94 valence electrons. The zero-order chi connectivity index (χ0) is 13.3. The second-order valence-electron chi connectivity index (χ2n) is 4.34. The van der Waals surface area contributed by atoms with Crippen LogP contribution >= 0.6 is 0 Å². The second-order valence-corrected chi connectivity index (χ2v) is 4.34. The molecule has 0 aliphatic carbocycles. The van der Waals surface area contributed by atoms with E-state index in [2.05, 4.69) is 11.3 Å². The van der Waals surface area contributed by atoms with Crippen LogP contribution in [0.4, 0.5) is 0 Å². The summed E-state index contributed by atoms with van der Waals surface area (Å²) in [6.45, 7) is 5.56. The Kier molecular flexibility index (Phi) is 3.54. The minimum atomic E-state index is -0.945. The van der Waals surface area contributed by atoms with Crippen LogP contribution < -0.4 is 5.46 Å². The van der Waals surface area contributed by atoms with Crippen molar-refractivity contribution in [3.05, 3.63) is 42.0 Å². The minimum Gasteiger partial charge on any atom is -0.466 e. The van der Waals surface area contributed by atoms with Crippen molar-refractivity contribution >= 4 is 18.6 Å². The Morgan fingerprint density at radius 2 is 2.22 bits per heavy atom. The van der Waals surface area contributed by atoms with E-state index in [1.807, 2.05) is 31.2 Å². The average molecular weight is 246 g/mol. The summed E-state index contributed by atoms with van der Waals surface area (Å²) in [5.41, 5.74) is 1.97. The van der Waals surface area contributed by atoms with Gasteiger partial charge in [0.1, 0.15) is 0 Å². The van der Waals surface area contributed by atoms with E-state index in [0.29, 0.717) is 5.57 Å². The maximum absolute atomic E-state index is 11.5. The first-order valence-electron chi connectivity index (χ1n) is 5.75. The highest BCUT2D eigenvalue weighted by atomic mass is 16.5. The van der Waals surface area contributed by atoms with Crippen LogP contribution in [0.5, 0.6) is 0 Å². The van der Waals surface area contributed by atoms with E-state index in [-0.39, 0.29) is 12.0 Å². The summed E-state index contributed by atoms with van der Waals surface area (Å²) in [7, 11) is 0.373. The molecule has 1 aromatic rings. The van der Waals surface area contributed by atoms with Crippen LogP contribution in [0.15, 0.2) is 36.4 Å². The molecule has 1 aromatic carbocycles. The lowest BCUT2D eigenvalue weighted by atomic mass is 9.78. The number of esters is 1. The van der Waals surface area contributed by atoms with Crippen LogP contribution in [-0.4, -0.2) is 25.2 Å². The van der Waals surface area contributed by atoms with E-state index in [9.17, 15) is 9.82 Å². The van der Waals surface area contributed by atoms with Gasteiger partial charge in [-0.2, -0.15) is 0 Å². The van der Waals surface area contributed by atoms with E-state index in [4.69, 9.17) is 4.65 Å². The maximum atomic E-state index is 11.5. The first kappa shape index (κ1) is 12.9. The van der Waals surface area contributed by atoms with Gasteiger partial charge in [-0.1, -0.05) is 37.8 Å². The molecular weight excluding hydrogens is 231 g/mol. The summed E-state index contributed by atoms with van der Waals surface area (Å²) in [4.78, 5) is 11.5. The number of hydrogen-bond acceptors (Lipinski definition) is 4. The first-order chi connectivity index (χ1) is 8.56. The van der Waals surface area contributed by atoms with Crippen molar-refractivity contribution in [2.24, 2.45) is 5.92 Å². The fourth-order valence-electron chi connectivity index (χ4n) is 2.17. The highest BCUT2D eigenvalue weighted by molar-refractivity contribution is 6.61. The molecule has 0 unspecified atom stereocenters. The van der Waals surface area contributed by atoms with Gasteiger partial charge < -0.3 is 14.4 Å². The van der Waals surface area contributed by atoms with Gasteiger partial charge in [-0.25, -0.2) is 4.79 Å². The first-order valence-corrected chi connectivity index (χ1v) is 5.75. The number of benzene rings is 1.